The summed E-state index contributed by atoms with van der Waals surface area (Å²) in [6, 6.07) is 7.77. The molecule has 0 amide bonds. The maximum absolute atomic E-state index is 5.60. The second-order valence-corrected chi connectivity index (χ2v) is 5.29. The molecule has 0 spiro atoms. The Morgan fingerprint density at radius 1 is 1.10 bits per heavy atom. The highest BCUT2D eigenvalue weighted by molar-refractivity contribution is 6.18. The van der Waals surface area contributed by atoms with E-state index in [-0.39, 0.29) is 0 Å². The van der Waals surface area contributed by atoms with Crippen molar-refractivity contribution >= 4 is 11.6 Å². The van der Waals surface area contributed by atoms with Crippen LogP contribution in [-0.4, -0.2) is 25.7 Å². The Morgan fingerprint density at radius 2 is 1.85 bits per heavy atom. The maximum atomic E-state index is 5.60. The summed E-state index contributed by atoms with van der Waals surface area (Å²) < 4.78 is 11.1. The third-order valence-corrected chi connectivity index (χ3v) is 2.83. The number of halogens is 1. The Kier molecular flexibility index (Phi) is 8.95. The fourth-order valence-corrected chi connectivity index (χ4v) is 1.58. The molecule has 3 heteroatoms. The van der Waals surface area contributed by atoms with Crippen LogP contribution in [0.5, 0.6) is 5.75 Å². The van der Waals surface area contributed by atoms with Gasteiger partial charge in [0.1, 0.15) is 12.4 Å². The Morgan fingerprint density at radius 3 is 2.50 bits per heavy atom. The van der Waals surface area contributed by atoms with Gasteiger partial charge in [-0.05, 0) is 36.6 Å². The zero-order valence-electron chi connectivity index (χ0n) is 12.3. The molecular formula is C17H23ClO2. The Hall–Kier alpha value is -1.17. The van der Waals surface area contributed by atoms with Gasteiger partial charge in [-0.15, -0.1) is 11.6 Å². The van der Waals surface area contributed by atoms with Crippen molar-refractivity contribution in [1.29, 1.82) is 0 Å². The second kappa shape index (κ2) is 10.6. The summed E-state index contributed by atoms with van der Waals surface area (Å²) >= 11 is 5.57. The molecule has 0 aliphatic heterocycles. The lowest BCUT2D eigenvalue weighted by Gasteiger charge is -2.08. The molecule has 0 saturated carbocycles. The molecule has 0 radical (unpaired) electrons. The minimum absolute atomic E-state index is 0.574. The molecule has 0 fully saturated rings. The molecular weight excluding hydrogens is 272 g/mol. The van der Waals surface area contributed by atoms with Gasteiger partial charge < -0.3 is 9.47 Å². The van der Waals surface area contributed by atoms with Gasteiger partial charge in [-0.2, -0.15) is 0 Å². The van der Waals surface area contributed by atoms with Gasteiger partial charge in [-0.1, -0.05) is 25.7 Å². The van der Waals surface area contributed by atoms with E-state index in [1.54, 1.807) is 0 Å². The predicted octanol–water partition coefficient (Wildman–Crippen LogP) is 4.11. The molecule has 20 heavy (non-hydrogen) atoms. The van der Waals surface area contributed by atoms with Crippen molar-refractivity contribution in [3.8, 4) is 17.6 Å². The highest BCUT2D eigenvalue weighted by Crippen LogP contribution is 2.11. The van der Waals surface area contributed by atoms with Gasteiger partial charge in [0.05, 0.1) is 6.61 Å². The van der Waals surface area contributed by atoms with E-state index in [1.165, 1.54) is 0 Å². The lowest BCUT2D eigenvalue weighted by atomic mass is 10.1. The van der Waals surface area contributed by atoms with Gasteiger partial charge in [0.2, 0.25) is 0 Å². The quantitative estimate of drug-likeness (QED) is 0.408. The van der Waals surface area contributed by atoms with Crippen molar-refractivity contribution in [1.82, 2.24) is 0 Å². The van der Waals surface area contributed by atoms with Crippen LogP contribution in [0.15, 0.2) is 24.3 Å². The molecule has 0 N–H and O–H groups in total. The zero-order valence-corrected chi connectivity index (χ0v) is 13.1. The summed E-state index contributed by atoms with van der Waals surface area (Å²) in [5.74, 6) is 8.16. The number of hydrogen-bond donors (Lipinski definition) is 0. The van der Waals surface area contributed by atoms with Crippen LogP contribution in [0.4, 0.5) is 0 Å². The molecule has 2 nitrogen and oxygen atoms in total. The minimum atomic E-state index is 0.574. The van der Waals surface area contributed by atoms with Gasteiger partial charge >= 0.3 is 0 Å². The average molecular weight is 295 g/mol. The van der Waals surface area contributed by atoms with Crippen molar-refractivity contribution in [2.45, 2.75) is 26.7 Å². The molecule has 1 aromatic carbocycles. The van der Waals surface area contributed by atoms with E-state index in [0.29, 0.717) is 31.4 Å². The molecule has 0 atom stereocenters. The van der Waals surface area contributed by atoms with E-state index in [2.05, 4.69) is 25.7 Å². The molecule has 0 heterocycles. The second-order valence-electron chi connectivity index (χ2n) is 4.91. The summed E-state index contributed by atoms with van der Waals surface area (Å²) in [5.41, 5.74) is 0.982. The first-order valence-corrected chi connectivity index (χ1v) is 7.61. The summed E-state index contributed by atoms with van der Waals surface area (Å²) in [6.45, 7) is 6.39. The topological polar surface area (TPSA) is 18.5 Å². The van der Waals surface area contributed by atoms with Crippen LogP contribution < -0.4 is 4.74 Å². The summed E-state index contributed by atoms with van der Waals surface area (Å²) in [4.78, 5) is 0. The standard InChI is InChI=1S/C17H23ClO2/c1-15(2)10-12-19-13-14-20-17-8-6-16(7-9-17)5-3-4-11-18/h6-9,15H,4,10-14H2,1-2H3. The van der Waals surface area contributed by atoms with E-state index in [9.17, 15) is 0 Å². The van der Waals surface area contributed by atoms with Crippen molar-refractivity contribution in [2.75, 3.05) is 25.7 Å². The molecule has 1 aromatic rings. The fourth-order valence-electron chi connectivity index (χ4n) is 1.49. The first-order chi connectivity index (χ1) is 9.72. The smallest absolute Gasteiger partial charge is 0.119 e. The van der Waals surface area contributed by atoms with Crippen LogP contribution in [-0.2, 0) is 4.74 Å². The van der Waals surface area contributed by atoms with Crippen molar-refractivity contribution < 1.29 is 9.47 Å². The number of ether oxygens (including phenoxy) is 2. The number of hydrogen-bond acceptors (Lipinski definition) is 2. The molecule has 0 unspecified atom stereocenters. The summed E-state index contributed by atoms with van der Waals surface area (Å²) in [7, 11) is 0. The molecule has 0 aliphatic rings. The van der Waals surface area contributed by atoms with Crippen LogP contribution >= 0.6 is 11.6 Å². The highest BCUT2D eigenvalue weighted by atomic mass is 35.5. The van der Waals surface area contributed by atoms with Gasteiger partial charge in [0.25, 0.3) is 0 Å². The van der Waals surface area contributed by atoms with E-state index < -0.39 is 0 Å². The number of alkyl halides is 1. The van der Waals surface area contributed by atoms with Crippen molar-refractivity contribution in [2.24, 2.45) is 5.92 Å². The Labute approximate surface area is 127 Å². The van der Waals surface area contributed by atoms with Crippen molar-refractivity contribution in [3.63, 3.8) is 0 Å². The lowest BCUT2D eigenvalue weighted by molar-refractivity contribution is 0.0926. The van der Waals surface area contributed by atoms with Crippen LogP contribution in [0.3, 0.4) is 0 Å². The Balaban J connectivity index is 2.20. The average Bonchev–Trinajstić information content (AvgIpc) is 2.44. The van der Waals surface area contributed by atoms with E-state index in [4.69, 9.17) is 21.1 Å². The minimum Gasteiger partial charge on any atom is -0.491 e. The molecule has 1 rings (SSSR count). The maximum Gasteiger partial charge on any atom is 0.119 e. The van der Waals surface area contributed by atoms with Crippen LogP contribution in [0.1, 0.15) is 32.3 Å². The molecule has 0 saturated heterocycles. The van der Waals surface area contributed by atoms with Crippen LogP contribution in [0, 0.1) is 17.8 Å². The monoisotopic (exact) mass is 294 g/mol. The molecule has 0 aliphatic carbocycles. The van der Waals surface area contributed by atoms with E-state index >= 15 is 0 Å². The molecule has 0 bridgehead atoms. The molecule has 0 aromatic heterocycles. The predicted molar refractivity (Wildman–Crippen MR) is 84.4 cm³/mol. The summed E-state index contributed by atoms with van der Waals surface area (Å²) in [6.07, 6.45) is 1.81. The number of rotatable bonds is 8. The first-order valence-electron chi connectivity index (χ1n) is 7.08. The zero-order chi connectivity index (χ0) is 14.6. The summed E-state index contributed by atoms with van der Waals surface area (Å²) in [5, 5.41) is 0. The van der Waals surface area contributed by atoms with E-state index in [0.717, 1.165) is 24.3 Å². The van der Waals surface area contributed by atoms with Crippen LogP contribution in [0.25, 0.3) is 0 Å². The Bertz CT molecular complexity index is 415. The normalized spacial score (nSPS) is 10.2. The van der Waals surface area contributed by atoms with Gasteiger partial charge in [0.15, 0.2) is 0 Å². The van der Waals surface area contributed by atoms with Crippen molar-refractivity contribution in [3.05, 3.63) is 29.8 Å². The molecule has 110 valence electrons. The van der Waals surface area contributed by atoms with Gasteiger partial charge in [-0.25, -0.2) is 0 Å². The SMILES string of the molecule is CC(C)CCOCCOc1ccc(C#CCCCl)cc1. The van der Waals surface area contributed by atoms with Gasteiger partial charge in [-0.3, -0.25) is 0 Å². The van der Waals surface area contributed by atoms with Crippen LogP contribution in [0.2, 0.25) is 0 Å². The van der Waals surface area contributed by atoms with E-state index in [1.807, 2.05) is 24.3 Å². The lowest BCUT2D eigenvalue weighted by Crippen LogP contribution is -2.08. The first kappa shape index (κ1) is 16.9. The third-order valence-electron chi connectivity index (χ3n) is 2.64. The third kappa shape index (κ3) is 8.09. The largest absolute Gasteiger partial charge is 0.491 e. The highest BCUT2D eigenvalue weighted by Gasteiger charge is 1.96. The fraction of sp³-hybridized carbons (Fsp3) is 0.529. The number of benzene rings is 1. The van der Waals surface area contributed by atoms with Gasteiger partial charge in [0, 0.05) is 24.5 Å².